The van der Waals surface area contributed by atoms with E-state index in [0.29, 0.717) is 62.7 Å². The summed E-state index contributed by atoms with van der Waals surface area (Å²) in [6.07, 6.45) is -0.0779. The number of hydrogen-bond acceptors (Lipinski definition) is 19. The number of anilines is 5. The van der Waals surface area contributed by atoms with Gasteiger partial charge in [-0.15, -0.1) is 11.6 Å². The van der Waals surface area contributed by atoms with E-state index in [1.54, 1.807) is 72.5 Å². The van der Waals surface area contributed by atoms with Crippen molar-refractivity contribution in [3.8, 4) is 0 Å². The summed E-state index contributed by atoms with van der Waals surface area (Å²) >= 11 is 6.48. The van der Waals surface area contributed by atoms with Crippen molar-refractivity contribution in [3.05, 3.63) is 153 Å². The molecule has 4 atom stereocenters. The number of benzene rings is 5. The lowest BCUT2D eigenvalue weighted by molar-refractivity contribution is -0.142. The van der Waals surface area contributed by atoms with Crippen LogP contribution in [0.1, 0.15) is 86.7 Å². The third-order valence-corrected chi connectivity index (χ3v) is 19.2. The van der Waals surface area contributed by atoms with Gasteiger partial charge in [0, 0.05) is 106 Å². The zero-order valence-corrected chi connectivity index (χ0v) is 55.6. The normalized spacial score (nSPS) is 13.6. The van der Waals surface area contributed by atoms with Crippen LogP contribution in [0.3, 0.4) is 0 Å². The SMILES string of the molecule is CCN(CC(=O)O)CC(=O)NCC(CC(=O)CCC(NC(=O)c1ccc(NCc2cnc3nc(N)[nH]c(=O)c3n2)cc1)C(=O)O)C(=O)NC(CSSCCC(=O)Nc1ccc2[nH]c(C(=O)Nc3ccc4[nH]c(C(=O)N5CC(CCl)c6c5cc(C)c5ccccc65)cc4c3)cc2c1)C(=O)O. The molecular formula is C67H68ClN15O14S2. The fourth-order valence-electron chi connectivity index (χ4n) is 11.3. The van der Waals surface area contributed by atoms with Crippen molar-refractivity contribution >= 4 is 165 Å². The number of aromatic nitrogens is 6. The molecule has 0 spiro atoms. The monoisotopic (exact) mass is 1410 g/mol. The Morgan fingerprint density at radius 1 is 0.747 bits per heavy atom. The fourth-order valence-corrected chi connectivity index (χ4v) is 13.7. The topological polar surface area (TPSA) is 439 Å². The molecule has 0 fully saturated rings. The third kappa shape index (κ3) is 17.8. The summed E-state index contributed by atoms with van der Waals surface area (Å²) in [5.41, 5.74) is 11.9. The molecule has 5 aromatic carbocycles. The second kappa shape index (κ2) is 32.0. The number of carboxylic acid groups (broad SMARTS) is 3. The van der Waals surface area contributed by atoms with E-state index in [4.69, 9.17) is 17.3 Å². The van der Waals surface area contributed by atoms with Crippen LogP contribution in [-0.2, 0) is 40.1 Å². The number of aromatic amines is 3. The molecule has 1 aliphatic rings. The number of nitrogen functional groups attached to an aromatic ring is 1. The van der Waals surface area contributed by atoms with Gasteiger partial charge in [-0.2, -0.15) is 4.98 Å². The summed E-state index contributed by atoms with van der Waals surface area (Å²) in [4.78, 5) is 167. The first kappa shape index (κ1) is 70.9. The Hall–Kier alpha value is -10.9. The van der Waals surface area contributed by atoms with Crippen LogP contribution in [0.4, 0.5) is 28.7 Å². The summed E-state index contributed by atoms with van der Waals surface area (Å²) in [6, 6.07) is 26.8. The summed E-state index contributed by atoms with van der Waals surface area (Å²) in [5, 5.41) is 49.1. The molecule has 4 aromatic heterocycles. The van der Waals surface area contributed by atoms with Crippen molar-refractivity contribution in [2.75, 3.05) is 76.7 Å². The first-order valence-electron chi connectivity index (χ1n) is 31.2. The molecule has 10 rings (SSSR count). The fraction of sp³-hybridized carbons (Fsp3) is 0.284. The molecule has 29 nitrogen and oxygen atoms in total. The van der Waals surface area contributed by atoms with Crippen molar-refractivity contribution in [3.63, 3.8) is 0 Å². The number of likely N-dealkylation sites (N-methyl/N-ethyl adjacent to an activating group) is 1. The number of aryl methyl sites for hydroxylation is 1. The van der Waals surface area contributed by atoms with E-state index in [1.165, 1.54) is 23.2 Å². The third-order valence-electron chi connectivity index (χ3n) is 16.4. The highest BCUT2D eigenvalue weighted by atomic mass is 35.5. The molecule has 1 aliphatic heterocycles. The minimum atomic E-state index is -1.57. The van der Waals surface area contributed by atoms with E-state index in [2.05, 4.69) is 73.9 Å². The molecule has 99 heavy (non-hydrogen) atoms. The molecule has 4 unspecified atom stereocenters. The van der Waals surface area contributed by atoms with Gasteiger partial charge in [-0.1, -0.05) is 52.8 Å². The molecule has 6 amide bonds. The maximum absolute atomic E-state index is 14.1. The lowest BCUT2D eigenvalue weighted by Gasteiger charge is -2.22. The van der Waals surface area contributed by atoms with Gasteiger partial charge in [-0.3, -0.25) is 53.0 Å². The number of ketones is 1. The average molecular weight is 1410 g/mol. The zero-order chi connectivity index (χ0) is 70.6. The Kier molecular flexibility index (Phi) is 22.9. The largest absolute Gasteiger partial charge is 0.480 e. The molecule has 0 aliphatic carbocycles. The second-order valence-corrected chi connectivity index (χ2v) is 26.4. The number of nitrogens with zero attached hydrogens (tertiary/aromatic N) is 5. The number of fused-ring (bicyclic) bond motifs is 6. The first-order valence-corrected chi connectivity index (χ1v) is 34.2. The van der Waals surface area contributed by atoms with E-state index >= 15 is 0 Å². The number of hydrogen-bond donors (Lipinski definition) is 13. The van der Waals surface area contributed by atoms with E-state index in [0.717, 1.165) is 49.2 Å². The van der Waals surface area contributed by atoms with Crippen LogP contribution in [0.15, 0.2) is 114 Å². The van der Waals surface area contributed by atoms with Crippen LogP contribution in [0.2, 0.25) is 0 Å². The minimum Gasteiger partial charge on any atom is -0.480 e. The highest BCUT2D eigenvalue weighted by molar-refractivity contribution is 8.76. The van der Waals surface area contributed by atoms with E-state index in [-0.39, 0.29) is 83.7 Å². The van der Waals surface area contributed by atoms with Gasteiger partial charge < -0.3 is 67.8 Å². The summed E-state index contributed by atoms with van der Waals surface area (Å²) in [5.74, 6) is -9.34. The lowest BCUT2D eigenvalue weighted by Crippen LogP contribution is -2.49. The van der Waals surface area contributed by atoms with Crippen molar-refractivity contribution in [2.24, 2.45) is 5.92 Å². The van der Waals surface area contributed by atoms with Gasteiger partial charge in [-0.25, -0.2) is 19.6 Å². The number of alkyl halides is 1. The van der Waals surface area contributed by atoms with Crippen molar-refractivity contribution in [1.82, 2.24) is 50.8 Å². The number of carbonyl (C=O) groups is 10. The average Bonchev–Trinajstić information content (AvgIpc) is 1.61. The quantitative estimate of drug-likeness (QED) is 0.0120. The Balaban J connectivity index is 0.682. The van der Waals surface area contributed by atoms with Crippen LogP contribution < -0.4 is 48.1 Å². The Morgan fingerprint density at radius 3 is 2.11 bits per heavy atom. The molecule has 32 heteroatoms. The van der Waals surface area contributed by atoms with Gasteiger partial charge in [0.05, 0.1) is 37.4 Å². The molecule has 14 N–H and O–H groups in total. The summed E-state index contributed by atoms with van der Waals surface area (Å²) < 4.78 is 0. The number of Topliss-reactive ketones (excluding diaryl/α,β-unsaturated/α-hetero) is 1. The molecule has 0 radical (unpaired) electrons. The van der Waals surface area contributed by atoms with Crippen LogP contribution in [0.25, 0.3) is 43.7 Å². The standard InChI is InChI=1S/C67H68ClN15O14S2/c1-3-82(32-56(87)88)31-55(86)71-27-38(23-44(84)14-17-49(65(94)95)78-60(89)35-8-10-40(11-9-35)70-28-43-29-72-59-58(74-43)63(92)81-67(69)80-59)61(90)79-52(66(96)97)33-99-98-19-18-54(85)73-41-12-15-47-36(21-41)24-50(76-47)62(91)75-42-13-16-48-37(22-42)25-51(77-48)64(93)83-30-39(26-68)57-46-7-5-4-6-45(46)34(2)20-53(57)83/h4-13,15-16,20-22,24-25,29,38-39,49,52,70,76-77H,3,14,17-19,23,26-28,30-33H2,1-2H3,(H,71,86)(H,73,85)(H,75,91)(H,78,89)(H,79,90)(H,87,88)(H,94,95)(H,96,97)(H3,69,72,80,81,92). The van der Waals surface area contributed by atoms with Gasteiger partial charge in [0.2, 0.25) is 23.7 Å². The molecule has 514 valence electrons. The Morgan fingerprint density at radius 2 is 1.42 bits per heavy atom. The molecule has 0 bridgehead atoms. The van der Waals surface area contributed by atoms with Gasteiger partial charge in [0.1, 0.15) is 29.3 Å². The number of carboxylic acids is 3. The van der Waals surface area contributed by atoms with Gasteiger partial charge >= 0.3 is 17.9 Å². The number of rotatable bonds is 32. The highest BCUT2D eigenvalue weighted by Gasteiger charge is 2.36. The lowest BCUT2D eigenvalue weighted by atomic mass is 9.93. The second-order valence-electron chi connectivity index (χ2n) is 23.4. The number of nitrogens with two attached hydrogens (primary N) is 1. The van der Waals surface area contributed by atoms with Crippen molar-refractivity contribution in [2.45, 2.75) is 64.1 Å². The number of halogens is 1. The molecule has 0 saturated heterocycles. The van der Waals surface area contributed by atoms with Crippen LogP contribution >= 0.6 is 33.2 Å². The molecular weight excluding hydrogens is 1340 g/mol. The number of H-pyrrole nitrogens is 3. The smallest absolute Gasteiger partial charge is 0.327 e. The maximum Gasteiger partial charge on any atom is 0.327 e. The van der Waals surface area contributed by atoms with Crippen molar-refractivity contribution < 1.29 is 63.3 Å². The van der Waals surface area contributed by atoms with E-state index in [9.17, 15) is 68.1 Å². The molecule has 0 saturated carbocycles. The minimum absolute atomic E-state index is 0.00464. The van der Waals surface area contributed by atoms with Crippen LogP contribution in [0.5, 0.6) is 0 Å². The Bertz CT molecular complexity index is 4700. The maximum atomic E-state index is 14.1. The predicted octanol–water partition coefficient (Wildman–Crippen LogP) is 6.61. The first-order chi connectivity index (χ1) is 47.5. The summed E-state index contributed by atoms with van der Waals surface area (Å²) in [6.45, 7) is 3.06. The molecule has 5 heterocycles. The van der Waals surface area contributed by atoms with Crippen LogP contribution in [0, 0.1) is 12.8 Å². The van der Waals surface area contributed by atoms with Gasteiger partial charge in [0.25, 0.3) is 23.3 Å². The van der Waals surface area contributed by atoms with Gasteiger partial charge in [0.15, 0.2) is 11.2 Å². The highest BCUT2D eigenvalue weighted by Crippen LogP contribution is 2.44. The number of amides is 6. The van der Waals surface area contributed by atoms with Crippen molar-refractivity contribution in [1.29, 1.82) is 0 Å². The van der Waals surface area contributed by atoms with Gasteiger partial charge in [-0.05, 0) is 121 Å². The van der Waals surface area contributed by atoms with Crippen LogP contribution in [-0.4, -0.2) is 171 Å². The van der Waals surface area contributed by atoms with E-state index < -0.39 is 103 Å². The zero-order valence-electron chi connectivity index (χ0n) is 53.2. The molecule has 9 aromatic rings. The van der Waals surface area contributed by atoms with E-state index in [1.807, 2.05) is 25.1 Å². The number of nitrogens with one attached hydrogen (secondary N) is 9. The predicted molar refractivity (Wildman–Crippen MR) is 376 cm³/mol. The Labute approximate surface area is 576 Å². The summed E-state index contributed by atoms with van der Waals surface area (Å²) in [7, 11) is 2.21. The number of carbonyl (C=O) groups excluding carboxylic acids is 7. The number of aliphatic carboxylic acids is 3.